The van der Waals surface area contributed by atoms with Gasteiger partial charge in [0.15, 0.2) is 0 Å². The summed E-state index contributed by atoms with van der Waals surface area (Å²) in [6.07, 6.45) is 0.382. The van der Waals surface area contributed by atoms with Gasteiger partial charge in [-0.05, 0) is 41.8 Å². The molecule has 0 aliphatic heterocycles. The Morgan fingerprint density at radius 2 is 1.83 bits per heavy atom. The van der Waals surface area contributed by atoms with Gasteiger partial charge in [-0.15, -0.1) is 0 Å². The first-order chi connectivity index (χ1) is 8.58. The number of benzene rings is 2. The topological polar surface area (TPSA) is 26.0 Å². The van der Waals surface area contributed by atoms with Gasteiger partial charge in [0.25, 0.3) is 0 Å². The van der Waals surface area contributed by atoms with Crippen molar-refractivity contribution in [1.82, 2.24) is 0 Å². The van der Waals surface area contributed by atoms with Gasteiger partial charge in [0.2, 0.25) is 0 Å². The maximum Gasteiger partial charge on any atom is 0.126 e. The Morgan fingerprint density at radius 1 is 1.11 bits per heavy atom. The van der Waals surface area contributed by atoms with Crippen LogP contribution in [0.3, 0.4) is 0 Å². The summed E-state index contributed by atoms with van der Waals surface area (Å²) < 4.78 is 13.5. The first-order valence-corrected chi connectivity index (χ1v) is 6.27. The smallest absolute Gasteiger partial charge is 0.126 e. The van der Waals surface area contributed by atoms with Gasteiger partial charge in [0.1, 0.15) is 5.82 Å². The van der Waals surface area contributed by atoms with Crippen LogP contribution in [0.2, 0.25) is 10.0 Å². The summed E-state index contributed by atoms with van der Waals surface area (Å²) in [4.78, 5) is 0. The molecule has 18 heavy (non-hydrogen) atoms. The van der Waals surface area contributed by atoms with Crippen LogP contribution in [0, 0.1) is 5.82 Å². The molecule has 4 heteroatoms. The number of hydrogen-bond donors (Lipinski definition) is 1. The van der Waals surface area contributed by atoms with Crippen LogP contribution in [-0.4, -0.2) is 0 Å². The second-order valence-corrected chi connectivity index (χ2v) is 4.91. The Balaban J connectivity index is 2.25. The molecule has 2 rings (SSSR count). The third-order valence-corrected chi connectivity index (χ3v) is 3.33. The minimum Gasteiger partial charge on any atom is -0.324 e. The lowest BCUT2D eigenvalue weighted by Crippen LogP contribution is -2.14. The van der Waals surface area contributed by atoms with Crippen molar-refractivity contribution in [3.63, 3.8) is 0 Å². The monoisotopic (exact) mass is 283 g/mol. The lowest BCUT2D eigenvalue weighted by atomic mass is 9.99. The lowest BCUT2D eigenvalue weighted by Gasteiger charge is -2.14. The van der Waals surface area contributed by atoms with E-state index in [1.54, 1.807) is 36.4 Å². The van der Waals surface area contributed by atoms with Gasteiger partial charge >= 0.3 is 0 Å². The quantitative estimate of drug-likeness (QED) is 0.889. The maximum absolute atomic E-state index is 13.5. The fourth-order valence-electron chi connectivity index (χ4n) is 1.81. The van der Waals surface area contributed by atoms with Crippen LogP contribution < -0.4 is 5.73 Å². The summed E-state index contributed by atoms with van der Waals surface area (Å²) in [6.45, 7) is 0. The van der Waals surface area contributed by atoms with Crippen molar-refractivity contribution in [3.8, 4) is 0 Å². The van der Waals surface area contributed by atoms with Gasteiger partial charge in [-0.3, -0.25) is 0 Å². The molecule has 0 amide bonds. The highest BCUT2D eigenvalue weighted by atomic mass is 35.5. The highest BCUT2D eigenvalue weighted by Gasteiger charge is 2.13. The van der Waals surface area contributed by atoms with Crippen LogP contribution in [0.4, 0.5) is 4.39 Å². The van der Waals surface area contributed by atoms with E-state index in [4.69, 9.17) is 28.9 Å². The lowest BCUT2D eigenvalue weighted by molar-refractivity contribution is 0.593. The minimum atomic E-state index is -0.381. The van der Waals surface area contributed by atoms with Gasteiger partial charge in [0, 0.05) is 16.1 Å². The maximum atomic E-state index is 13.5. The molecule has 0 saturated carbocycles. The van der Waals surface area contributed by atoms with E-state index in [1.807, 2.05) is 0 Å². The molecule has 0 spiro atoms. The van der Waals surface area contributed by atoms with E-state index in [0.29, 0.717) is 22.0 Å². The van der Waals surface area contributed by atoms with E-state index in [1.165, 1.54) is 6.07 Å². The standard InChI is InChI=1S/C14H12Cl2FN/c15-10-5-6-12(16)11(8-10)14(18)7-9-3-1-2-4-13(9)17/h1-6,8,14H,7,18H2. The van der Waals surface area contributed by atoms with Crippen molar-refractivity contribution in [3.05, 3.63) is 69.5 Å². The number of halogens is 3. The molecule has 0 saturated heterocycles. The van der Waals surface area contributed by atoms with Gasteiger partial charge in [-0.25, -0.2) is 4.39 Å². The van der Waals surface area contributed by atoms with Crippen LogP contribution in [0.5, 0.6) is 0 Å². The van der Waals surface area contributed by atoms with Gasteiger partial charge in [-0.2, -0.15) is 0 Å². The van der Waals surface area contributed by atoms with Gasteiger partial charge in [0.05, 0.1) is 0 Å². The molecule has 2 aromatic rings. The highest BCUT2D eigenvalue weighted by Crippen LogP contribution is 2.27. The van der Waals surface area contributed by atoms with Crippen molar-refractivity contribution in [2.45, 2.75) is 12.5 Å². The molecule has 1 atom stereocenters. The van der Waals surface area contributed by atoms with Crippen LogP contribution in [0.25, 0.3) is 0 Å². The Hall–Kier alpha value is -1.09. The molecule has 2 aromatic carbocycles. The molecular weight excluding hydrogens is 272 g/mol. The van der Waals surface area contributed by atoms with Crippen LogP contribution >= 0.6 is 23.2 Å². The second-order valence-electron chi connectivity index (χ2n) is 4.07. The van der Waals surface area contributed by atoms with E-state index in [9.17, 15) is 4.39 Å². The molecule has 0 heterocycles. The predicted molar refractivity (Wildman–Crippen MR) is 73.5 cm³/mol. The third-order valence-electron chi connectivity index (χ3n) is 2.76. The van der Waals surface area contributed by atoms with E-state index in [-0.39, 0.29) is 11.9 Å². The normalized spacial score (nSPS) is 12.4. The summed E-state index contributed by atoms with van der Waals surface area (Å²) in [6, 6.07) is 11.3. The fourth-order valence-corrected chi connectivity index (χ4v) is 2.25. The highest BCUT2D eigenvalue weighted by molar-refractivity contribution is 6.33. The van der Waals surface area contributed by atoms with Crippen LogP contribution in [0.15, 0.2) is 42.5 Å². The first-order valence-electron chi connectivity index (χ1n) is 5.52. The van der Waals surface area contributed by atoms with Crippen molar-refractivity contribution in [2.24, 2.45) is 5.73 Å². The largest absolute Gasteiger partial charge is 0.324 e. The van der Waals surface area contributed by atoms with E-state index in [2.05, 4.69) is 0 Å². The molecule has 94 valence electrons. The average molecular weight is 284 g/mol. The Kier molecular flexibility index (Phi) is 4.23. The van der Waals surface area contributed by atoms with Gasteiger partial charge < -0.3 is 5.73 Å². The van der Waals surface area contributed by atoms with Gasteiger partial charge in [-0.1, -0.05) is 41.4 Å². The molecule has 0 aromatic heterocycles. The molecule has 1 nitrogen and oxygen atoms in total. The Morgan fingerprint density at radius 3 is 2.56 bits per heavy atom. The van der Waals surface area contributed by atoms with E-state index in [0.717, 1.165) is 5.56 Å². The molecular formula is C14H12Cl2FN. The molecule has 0 fully saturated rings. The summed E-state index contributed by atoms with van der Waals surface area (Å²) in [7, 11) is 0. The first kappa shape index (κ1) is 13.3. The Labute approximate surface area is 115 Å². The Bertz CT molecular complexity index is 557. The average Bonchev–Trinajstić information content (AvgIpc) is 2.35. The van der Waals surface area contributed by atoms with Crippen molar-refractivity contribution >= 4 is 23.2 Å². The number of nitrogens with two attached hydrogens (primary N) is 1. The zero-order valence-electron chi connectivity index (χ0n) is 9.54. The summed E-state index contributed by atoms with van der Waals surface area (Å²) in [5, 5.41) is 1.11. The van der Waals surface area contributed by atoms with E-state index < -0.39 is 0 Å². The van der Waals surface area contributed by atoms with Crippen LogP contribution in [0.1, 0.15) is 17.2 Å². The molecule has 0 aliphatic rings. The fraction of sp³-hybridized carbons (Fsp3) is 0.143. The molecule has 2 N–H and O–H groups in total. The van der Waals surface area contributed by atoms with Crippen molar-refractivity contribution in [1.29, 1.82) is 0 Å². The molecule has 0 radical (unpaired) electrons. The summed E-state index contributed by atoms with van der Waals surface area (Å²) in [5.74, 6) is -0.258. The van der Waals surface area contributed by atoms with Crippen molar-refractivity contribution < 1.29 is 4.39 Å². The molecule has 0 aliphatic carbocycles. The third kappa shape index (κ3) is 3.02. The zero-order valence-corrected chi connectivity index (χ0v) is 11.0. The van der Waals surface area contributed by atoms with E-state index >= 15 is 0 Å². The number of rotatable bonds is 3. The summed E-state index contributed by atoms with van der Waals surface area (Å²) >= 11 is 12.0. The second kappa shape index (κ2) is 5.70. The van der Waals surface area contributed by atoms with Crippen molar-refractivity contribution in [2.75, 3.05) is 0 Å². The summed E-state index contributed by atoms with van der Waals surface area (Å²) in [5.41, 5.74) is 7.36. The predicted octanol–water partition coefficient (Wildman–Crippen LogP) is 4.38. The minimum absolute atomic E-state index is 0.258. The molecule has 1 unspecified atom stereocenters. The number of hydrogen-bond acceptors (Lipinski definition) is 1. The SMILES string of the molecule is NC(Cc1ccccc1F)c1cc(Cl)ccc1Cl. The van der Waals surface area contributed by atoms with Crippen LogP contribution in [-0.2, 0) is 6.42 Å². The molecule has 0 bridgehead atoms. The zero-order chi connectivity index (χ0) is 13.1.